The average Bonchev–Trinajstić information content (AvgIpc) is 3.63. The highest BCUT2D eigenvalue weighted by molar-refractivity contribution is 7.10. The molecule has 256 valence electrons. The zero-order valence-electron chi connectivity index (χ0n) is 28.5. The van der Waals surface area contributed by atoms with Crippen LogP contribution in [0.5, 0.6) is 11.5 Å². The molecule has 1 N–H and O–H groups in total. The first-order chi connectivity index (χ1) is 23.0. The second kappa shape index (κ2) is 16.9. The molecule has 48 heavy (non-hydrogen) atoms. The number of halogens is 1. The molecule has 1 unspecified atom stereocenters. The van der Waals surface area contributed by atoms with Crippen molar-refractivity contribution >= 4 is 29.7 Å². The minimum atomic E-state index is -0.118. The Morgan fingerprint density at radius 3 is 2.17 bits per heavy atom. The van der Waals surface area contributed by atoms with Gasteiger partial charge in [0.25, 0.3) is 0 Å². The summed E-state index contributed by atoms with van der Waals surface area (Å²) in [5.41, 5.74) is 5.67. The summed E-state index contributed by atoms with van der Waals surface area (Å²) in [5, 5.41) is 5.24. The van der Waals surface area contributed by atoms with Gasteiger partial charge >= 0.3 is 0 Å². The number of amides is 1. The van der Waals surface area contributed by atoms with Gasteiger partial charge in [-0.1, -0.05) is 73.2 Å². The van der Waals surface area contributed by atoms with Crippen LogP contribution in [0, 0.1) is 0 Å². The van der Waals surface area contributed by atoms with E-state index in [4.69, 9.17) is 9.47 Å². The largest absolute Gasteiger partial charge is 0.493 e. The van der Waals surface area contributed by atoms with Crippen LogP contribution in [-0.4, -0.2) is 50.2 Å². The minimum absolute atomic E-state index is 0. The maximum atomic E-state index is 12.7. The molecule has 1 fully saturated rings. The molecule has 1 aromatic heterocycles. The number of rotatable bonds is 14. The van der Waals surface area contributed by atoms with Crippen molar-refractivity contribution in [2.75, 3.05) is 33.9 Å². The average molecular weight is 687 g/mol. The molecule has 4 aromatic rings. The third-order valence-corrected chi connectivity index (χ3v) is 11.7. The van der Waals surface area contributed by atoms with E-state index in [0.717, 1.165) is 61.4 Å². The van der Waals surface area contributed by atoms with Crippen molar-refractivity contribution in [3.63, 3.8) is 0 Å². The number of benzene rings is 3. The number of piperidine rings is 1. The lowest BCUT2D eigenvalue weighted by atomic mass is 9.68. The zero-order valence-corrected chi connectivity index (χ0v) is 30.2. The van der Waals surface area contributed by atoms with Crippen LogP contribution < -0.4 is 14.8 Å². The van der Waals surface area contributed by atoms with E-state index in [1.165, 1.54) is 54.5 Å². The molecule has 3 aromatic carbocycles. The summed E-state index contributed by atoms with van der Waals surface area (Å²) < 4.78 is 11.3. The molecule has 5 nitrogen and oxygen atoms in total. The molecule has 0 saturated carbocycles. The predicted molar refractivity (Wildman–Crippen MR) is 200 cm³/mol. The van der Waals surface area contributed by atoms with E-state index >= 15 is 0 Å². The van der Waals surface area contributed by atoms with Crippen molar-refractivity contribution in [2.45, 2.75) is 81.6 Å². The molecular formula is C41H51ClN2O3S. The van der Waals surface area contributed by atoms with Gasteiger partial charge in [-0.25, -0.2) is 0 Å². The number of thiophene rings is 1. The first-order valence-corrected chi connectivity index (χ1v) is 18.3. The number of carbonyl (C=O) groups is 1. The van der Waals surface area contributed by atoms with Gasteiger partial charge in [0, 0.05) is 22.4 Å². The summed E-state index contributed by atoms with van der Waals surface area (Å²) in [5.74, 6) is 1.78. The number of likely N-dealkylation sites (tertiary alicyclic amines) is 1. The van der Waals surface area contributed by atoms with Crippen molar-refractivity contribution in [3.05, 3.63) is 117 Å². The Hall–Kier alpha value is -3.32. The van der Waals surface area contributed by atoms with E-state index in [0.29, 0.717) is 13.0 Å². The normalized spacial score (nSPS) is 17.7. The second-order valence-electron chi connectivity index (χ2n) is 13.4. The van der Waals surface area contributed by atoms with E-state index in [2.05, 4.69) is 83.0 Å². The number of hydrogen-bond donors (Lipinski definition) is 1. The summed E-state index contributed by atoms with van der Waals surface area (Å²) in [6.45, 7) is 2.96. The smallest absolute Gasteiger partial charge is 0.225 e. The van der Waals surface area contributed by atoms with Crippen LogP contribution in [0.25, 0.3) is 0 Å². The van der Waals surface area contributed by atoms with Gasteiger partial charge in [-0.2, -0.15) is 0 Å². The van der Waals surface area contributed by atoms with Crippen LogP contribution in [0.4, 0.5) is 0 Å². The van der Waals surface area contributed by atoms with Crippen LogP contribution in [0.2, 0.25) is 0 Å². The van der Waals surface area contributed by atoms with Gasteiger partial charge in [-0.15, -0.1) is 23.7 Å². The van der Waals surface area contributed by atoms with Gasteiger partial charge in [-0.05, 0) is 117 Å². The van der Waals surface area contributed by atoms with Crippen LogP contribution >= 0.6 is 23.7 Å². The van der Waals surface area contributed by atoms with Crippen molar-refractivity contribution < 1.29 is 14.3 Å². The van der Waals surface area contributed by atoms with Gasteiger partial charge in [0.05, 0.1) is 20.6 Å². The highest BCUT2D eigenvalue weighted by atomic mass is 35.5. The van der Waals surface area contributed by atoms with Crippen molar-refractivity contribution in [1.29, 1.82) is 0 Å². The van der Waals surface area contributed by atoms with Crippen LogP contribution in [0.15, 0.2) is 90.3 Å². The lowest BCUT2D eigenvalue weighted by Crippen LogP contribution is -2.55. The SMILES string of the molecule is COc1cc2c(cc1OC)CC1(CCCCN1CCCC(CCCNC(=O)Cc1cccs1)(c1ccccc1)c1ccccc1)CC2.Cl. The number of nitrogens with one attached hydrogen (secondary N) is 1. The number of fused-ring (bicyclic) bond motifs is 1. The van der Waals surface area contributed by atoms with Gasteiger partial charge in [0.2, 0.25) is 5.91 Å². The molecule has 0 radical (unpaired) electrons. The molecule has 2 aliphatic rings. The maximum absolute atomic E-state index is 12.7. The van der Waals surface area contributed by atoms with Gasteiger partial charge in [0.15, 0.2) is 11.5 Å². The molecule has 6 rings (SSSR count). The Bertz CT molecular complexity index is 1540. The fourth-order valence-corrected chi connectivity index (χ4v) is 9.07. The topological polar surface area (TPSA) is 50.8 Å². The molecule has 1 aliphatic heterocycles. The van der Waals surface area contributed by atoms with E-state index < -0.39 is 0 Å². The van der Waals surface area contributed by atoms with Crippen molar-refractivity contribution in [1.82, 2.24) is 10.2 Å². The van der Waals surface area contributed by atoms with Crippen LogP contribution in [0.1, 0.15) is 78.5 Å². The lowest BCUT2D eigenvalue weighted by molar-refractivity contribution is -0.120. The monoisotopic (exact) mass is 686 g/mol. The number of ether oxygens (including phenoxy) is 2. The first kappa shape index (κ1) is 36.0. The van der Waals surface area contributed by atoms with Crippen molar-refractivity contribution in [3.8, 4) is 11.5 Å². The Morgan fingerprint density at radius 1 is 0.854 bits per heavy atom. The maximum Gasteiger partial charge on any atom is 0.225 e. The number of aryl methyl sites for hydroxylation is 1. The predicted octanol–water partition coefficient (Wildman–Crippen LogP) is 8.81. The highest BCUT2D eigenvalue weighted by Crippen LogP contribution is 2.45. The molecule has 1 spiro atoms. The Morgan fingerprint density at radius 2 is 1.52 bits per heavy atom. The number of hydrogen-bond acceptors (Lipinski definition) is 5. The summed E-state index contributed by atoms with van der Waals surface area (Å²) in [6, 6.07) is 30.7. The molecule has 7 heteroatoms. The lowest BCUT2D eigenvalue weighted by Gasteiger charge is -2.50. The summed E-state index contributed by atoms with van der Waals surface area (Å²) >= 11 is 1.64. The zero-order chi connectivity index (χ0) is 32.5. The molecule has 2 heterocycles. The molecule has 1 saturated heterocycles. The third-order valence-electron chi connectivity index (χ3n) is 10.8. The summed E-state index contributed by atoms with van der Waals surface area (Å²) in [4.78, 5) is 16.7. The second-order valence-corrected chi connectivity index (χ2v) is 14.5. The quantitative estimate of drug-likeness (QED) is 0.135. The third kappa shape index (κ3) is 8.10. The summed E-state index contributed by atoms with van der Waals surface area (Å²) in [6.07, 6.45) is 11.8. The van der Waals surface area contributed by atoms with E-state index in [1.807, 2.05) is 17.5 Å². The molecule has 1 amide bonds. The van der Waals surface area contributed by atoms with E-state index in [-0.39, 0.29) is 29.3 Å². The van der Waals surface area contributed by atoms with Gasteiger partial charge in [-0.3, -0.25) is 9.69 Å². The minimum Gasteiger partial charge on any atom is -0.493 e. The van der Waals surface area contributed by atoms with E-state index in [9.17, 15) is 4.79 Å². The molecular weight excluding hydrogens is 636 g/mol. The van der Waals surface area contributed by atoms with Crippen LogP contribution in [0.3, 0.4) is 0 Å². The fourth-order valence-electron chi connectivity index (χ4n) is 8.36. The number of carbonyl (C=O) groups excluding carboxylic acids is 1. The molecule has 0 bridgehead atoms. The standard InChI is InChI=1S/C41H50N2O3S.ClH/c1-45-37-28-32-19-23-40(31-33(32)29-38(37)46-2)20-9-10-25-43(40)26-13-22-41(34-14-5-3-6-15-34,35-16-7-4-8-17-35)21-12-24-42-39(44)30-36-18-11-27-47-36;/h3-8,11,14-18,27-29H,9-10,12-13,19-26,30-31H2,1-2H3,(H,42,44);1H. The summed E-state index contributed by atoms with van der Waals surface area (Å²) in [7, 11) is 3.46. The molecule has 1 atom stereocenters. The van der Waals surface area contributed by atoms with Gasteiger partial charge in [0.1, 0.15) is 0 Å². The Kier molecular flexibility index (Phi) is 12.6. The van der Waals surface area contributed by atoms with E-state index in [1.54, 1.807) is 25.6 Å². The van der Waals surface area contributed by atoms with Crippen LogP contribution in [-0.2, 0) is 29.5 Å². The highest BCUT2D eigenvalue weighted by Gasteiger charge is 2.42. The molecule has 1 aliphatic carbocycles. The number of nitrogens with zero attached hydrogens (tertiary/aromatic N) is 1. The Labute approximate surface area is 297 Å². The number of methoxy groups -OCH3 is 2. The fraction of sp³-hybridized carbons (Fsp3) is 0.439. The van der Waals surface area contributed by atoms with Gasteiger partial charge < -0.3 is 14.8 Å². The Balaban J connectivity index is 0.00000451. The first-order valence-electron chi connectivity index (χ1n) is 17.4. The van der Waals surface area contributed by atoms with Crippen molar-refractivity contribution in [2.24, 2.45) is 0 Å².